The van der Waals surface area contributed by atoms with Crippen LogP contribution in [0, 0.1) is 6.92 Å². The maximum Gasteiger partial charge on any atom is 0.226 e. The van der Waals surface area contributed by atoms with Gasteiger partial charge in [0.2, 0.25) is 5.91 Å². The fraction of sp³-hybridized carbons (Fsp3) is 0.350. The lowest BCUT2D eigenvalue weighted by Crippen LogP contribution is -2.27. The molecule has 23 heavy (non-hydrogen) atoms. The van der Waals surface area contributed by atoms with E-state index in [9.17, 15) is 4.79 Å². The van der Waals surface area contributed by atoms with Crippen molar-refractivity contribution in [2.24, 2.45) is 0 Å². The monoisotopic (exact) mass is 310 g/mol. The van der Waals surface area contributed by atoms with E-state index in [0.29, 0.717) is 6.42 Å². The molecule has 0 aromatic heterocycles. The van der Waals surface area contributed by atoms with Gasteiger partial charge in [-0.1, -0.05) is 31.2 Å². The minimum atomic E-state index is 0.0559. The Bertz CT molecular complexity index is 634. The molecular formula is C20H26N2O. The lowest BCUT2D eigenvalue weighted by atomic mass is 10.1. The molecule has 0 unspecified atom stereocenters. The highest BCUT2D eigenvalue weighted by Crippen LogP contribution is 2.16. The summed E-state index contributed by atoms with van der Waals surface area (Å²) >= 11 is 0. The van der Waals surface area contributed by atoms with Crippen LogP contribution in [0.5, 0.6) is 0 Å². The molecule has 3 heteroatoms. The van der Waals surface area contributed by atoms with Crippen molar-refractivity contribution in [1.82, 2.24) is 0 Å². The van der Waals surface area contributed by atoms with E-state index in [1.807, 2.05) is 12.1 Å². The zero-order valence-corrected chi connectivity index (χ0v) is 14.3. The molecule has 1 N–H and O–H groups in total. The molecule has 0 aliphatic heterocycles. The number of aryl methyl sites for hydroxylation is 2. The largest absolute Gasteiger partial charge is 0.371 e. The van der Waals surface area contributed by atoms with Gasteiger partial charge in [0.25, 0.3) is 0 Å². The van der Waals surface area contributed by atoms with E-state index in [1.165, 1.54) is 16.8 Å². The number of benzene rings is 2. The molecule has 2 aromatic rings. The maximum absolute atomic E-state index is 12.1. The fourth-order valence-electron chi connectivity index (χ4n) is 2.58. The minimum absolute atomic E-state index is 0.0559. The third-order valence-corrected chi connectivity index (χ3v) is 4.00. The van der Waals surface area contributed by atoms with Crippen LogP contribution in [0.3, 0.4) is 0 Å². The summed E-state index contributed by atoms with van der Waals surface area (Å²) in [6.45, 7) is 7.94. The van der Waals surface area contributed by atoms with Crippen LogP contribution in [0.15, 0.2) is 48.5 Å². The van der Waals surface area contributed by atoms with Crippen LogP contribution in [0.2, 0.25) is 0 Å². The molecule has 0 bridgehead atoms. The summed E-state index contributed by atoms with van der Waals surface area (Å²) in [6.07, 6.45) is 1.49. The van der Waals surface area contributed by atoms with E-state index < -0.39 is 0 Å². The molecule has 0 saturated heterocycles. The van der Waals surface area contributed by atoms with Gasteiger partial charge in [0, 0.05) is 30.9 Å². The number of rotatable bonds is 7. The Morgan fingerprint density at radius 3 is 2.43 bits per heavy atom. The highest BCUT2D eigenvalue weighted by molar-refractivity contribution is 5.91. The van der Waals surface area contributed by atoms with Crippen molar-refractivity contribution in [2.45, 2.75) is 33.6 Å². The lowest BCUT2D eigenvalue weighted by molar-refractivity contribution is -0.116. The average Bonchev–Trinajstić information content (AvgIpc) is 2.56. The summed E-state index contributed by atoms with van der Waals surface area (Å²) in [7, 11) is 0. The summed E-state index contributed by atoms with van der Waals surface area (Å²) < 4.78 is 0. The van der Waals surface area contributed by atoms with Gasteiger partial charge in [-0.05, 0) is 55.7 Å². The molecule has 0 saturated carbocycles. The molecule has 1 amide bonds. The van der Waals surface area contributed by atoms with Crippen molar-refractivity contribution >= 4 is 17.3 Å². The van der Waals surface area contributed by atoms with Crippen LogP contribution in [-0.4, -0.2) is 19.0 Å². The van der Waals surface area contributed by atoms with Crippen LogP contribution in [0.25, 0.3) is 0 Å². The van der Waals surface area contributed by atoms with E-state index in [4.69, 9.17) is 0 Å². The zero-order chi connectivity index (χ0) is 16.7. The molecule has 0 fully saturated rings. The zero-order valence-electron chi connectivity index (χ0n) is 14.3. The van der Waals surface area contributed by atoms with Gasteiger partial charge >= 0.3 is 0 Å². The standard InChI is InChI=1S/C20H26N2O/c1-4-17-9-11-18(12-10-17)21-20(23)13-14-22(5-2)19-8-6-7-16(3)15-19/h6-12,15H,4-5,13-14H2,1-3H3,(H,21,23). The Balaban J connectivity index is 1.89. The molecule has 0 aliphatic carbocycles. The number of nitrogens with zero attached hydrogens (tertiary/aromatic N) is 1. The SMILES string of the molecule is CCc1ccc(NC(=O)CCN(CC)c2cccc(C)c2)cc1. The first-order chi connectivity index (χ1) is 11.1. The number of anilines is 2. The van der Waals surface area contributed by atoms with Crippen molar-refractivity contribution in [1.29, 1.82) is 0 Å². The lowest BCUT2D eigenvalue weighted by Gasteiger charge is -2.23. The van der Waals surface area contributed by atoms with Crippen LogP contribution in [0.1, 0.15) is 31.4 Å². The first-order valence-corrected chi connectivity index (χ1v) is 8.32. The molecule has 3 nitrogen and oxygen atoms in total. The molecule has 0 heterocycles. The first kappa shape index (κ1) is 17.1. The molecule has 0 atom stereocenters. The van der Waals surface area contributed by atoms with Crippen molar-refractivity contribution in [3.05, 3.63) is 59.7 Å². The van der Waals surface area contributed by atoms with Crippen LogP contribution >= 0.6 is 0 Å². The van der Waals surface area contributed by atoms with Crippen molar-refractivity contribution in [3.8, 4) is 0 Å². The minimum Gasteiger partial charge on any atom is -0.371 e. The van der Waals surface area contributed by atoms with E-state index >= 15 is 0 Å². The number of hydrogen-bond donors (Lipinski definition) is 1. The summed E-state index contributed by atoms with van der Waals surface area (Å²) in [5, 5.41) is 2.97. The van der Waals surface area contributed by atoms with E-state index in [2.05, 4.69) is 67.4 Å². The summed E-state index contributed by atoms with van der Waals surface area (Å²) in [4.78, 5) is 14.4. The normalized spacial score (nSPS) is 10.4. The fourth-order valence-corrected chi connectivity index (χ4v) is 2.58. The molecular weight excluding hydrogens is 284 g/mol. The van der Waals surface area contributed by atoms with Gasteiger partial charge in [0.1, 0.15) is 0 Å². The van der Waals surface area contributed by atoms with Crippen molar-refractivity contribution < 1.29 is 4.79 Å². The second kappa shape index (κ2) is 8.37. The first-order valence-electron chi connectivity index (χ1n) is 8.32. The predicted octanol–water partition coefficient (Wildman–Crippen LogP) is 4.41. The van der Waals surface area contributed by atoms with Gasteiger partial charge in [-0.3, -0.25) is 4.79 Å². The number of amides is 1. The summed E-state index contributed by atoms with van der Waals surface area (Å²) in [6, 6.07) is 16.4. The summed E-state index contributed by atoms with van der Waals surface area (Å²) in [5.41, 5.74) is 4.56. The van der Waals surface area contributed by atoms with Crippen LogP contribution in [-0.2, 0) is 11.2 Å². The van der Waals surface area contributed by atoms with Gasteiger partial charge in [-0.15, -0.1) is 0 Å². The molecule has 122 valence electrons. The van der Waals surface area contributed by atoms with E-state index in [1.54, 1.807) is 0 Å². The highest BCUT2D eigenvalue weighted by Gasteiger charge is 2.08. The van der Waals surface area contributed by atoms with Gasteiger partial charge in [0.05, 0.1) is 0 Å². The second-order valence-corrected chi connectivity index (χ2v) is 5.77. The van der Waals surface area contributed by atoms with E-state index in [0.717, 1.165) is 25.2 Å². The third-order valence-electron chi connectivity index (χ3n) is 4.00. The molecule has 2 aromatic carbocycles. The van der Waals surface area contributed by atoms with Gasteiger partial charge < -0.3 is 10.2 Å². The third kappa shape index (κ3) is 5.13. The van der Waals surface area contributed by atoms with Crippen molar-refractivity contribution in [2.75, 3.05) is 23.3 Å². The highest BCUT2D eigenvalue weighted by atomic mass is 16.1. The molecule has 2 rings (SSSR count). The topological polar surface area (TPSA) is 32.3 Å². The Morgan fingerprint density at radius 2 is 1.83 bits per heavy atom. The quantitative estimate of drug-likeness (QED) is 0.821. The Kier molecular flexibility index (Phi) is 6.21. The van der Waals surface area contributed by atoms with Gasteiger partial charge in [-0.2, -0.15) is 0 Å². The van der Waals surface area contributed by atoms with Gasteiger partial charge in [0.15, 0.2) is 0 Å². The Hall–Kier alpha value is -2.29. The average molecular weight is 310 g/mol. The van der Waals surface area contributed by atoms with Crippen molar-refractivity contribution in [3.63, 3.8) is 0 Å². The number of carbonyl (C=O) groups is 1. The smallest absolute Gasteiger partial charge is 0.226 e. The van der Waals surface area contributed by atoms with Crippen LogP contribution in [0.4, 0.5) is 11.4 Å². The predicted molar refractivity (Wildman–Crippen MR) is 98.1 cm³/mol. The Labute approximate surface area is 139 Å². The number of hydrogen-bond acceptors (Lipinski definition) is 2. The number of nitrogens with one attached hydrogen (secondary N) is 1. The Morgan fingerprint density at radius 1 is 1.09 bits per heavy atom. The molecule has 0 aliphatic rings. The molecule has 0 spiro atoms. The van der Waals surface area contributed by atoms with Gasteiger partial charge in [-0.25, -0.2) is 0 Å². The van der Waals surface area contributed by atoms with E-state index in [-0.39, 0.29) is 5.91 Å². The maximum atomic E-state index is 12.1. The summed E-state index contributed by atoms with van der Waals surface area (Å²) in [5.74, 6) is 0.0559. The second-order valence-electron chi connectivity index (χ2n) is 5.77. The van der Waals surface area contributed by atoms with Crippen LogP contribution < -0.4 is 10.2 Å². The molecule has 0 radical (unpaired) electrons. The number of carbonyl (C=O) groups excluding carboxylic acids is 1.